The van der Waals surface area contributed by atoms with Gasteiger partial charge in [0.1, 0.15) is 0 Å². The van der Waals surface area contributed by atoms with Crippen LogP contribution in [0.15, 0.2) is 24.3 Å². The molecular weight excluding hydrogens is 218 g/mol. The molecule has 0 spiro atoms. The molecule has 1 rings (SSSR count). The third kappa shape index (κ3) is 4.54. The number of methoxy groups -OCH3 is 1. The highest BCUT2D eigenvalue weighted by Crippen LogP contribution is 2.15. The molecule has 0 saturated heterocycles. The van der Waals surface area contributed by atoms with Gasteiger partial charge in [-0.1, -0.05) is 18.2 Å². The van der Waals surface area contributed by atoms with Crippen LogP contribution in [0.4, 0.5) is 5.69 Å². The molecule has 0 saturated carbocycles. The Morgan fingerprint density at radius 1 is 1.47 bits per heavy atom. The highest BCUT2D eigenvalue weighted by Gasteiger charge is 2.08. The molecule has 1 aromatic carbocycles. The Bertz CT molecular complexity index is 365. The van der Waals surface area contributed by atoms with E-state index in [0.717, 1.165) is 5.56 Å². The Morgan fingerprint density at radius 2 is 2.18 bits per heavy atom. The summed E-state index contributed by atoms with van der Waals surface area (Å²) in [6.45, 7) is 1.85. The quantitative estimate of drug-likeness (QED) is 0.794. The minimum absolute atomic E-state index is 0.0604. The second-order valence-corrected chi connectivity index (χ2v) is 3.95. The monoisotopic (exact) mass is 237 g/mol. The van der Waals surface area contributed by atoms with Crippen molar-refractivity contribution in [2.24, 2.45) is 0 Å². The molecule has 1 aromatic rings. The average molecular weight is 237 g/mol. The summed E-state index contributed by atoms with van der Waals surface area (Å²) in [5.74, 6) is -0.0604. The van der Waals surface area contributed by atoms with E-state index in [2.05, 4.69) is 5.32 Å². The number of amides is 1. The van der Waals surface area contributed by atoms with E-state index in [0.29, 0.717) is 18.5 Å². The molecule has 1 atom stereocenters. The first-order chi connectivity index (χ1) is 8.17. The van der Waals surface area contributed by atoms with Crippen molar-refractivity contribution in [3.63, 3.8) is 0 Å². The lowest BCUT2D eigenvalue weighted by Gasteiger charge is -2.11. The second kappa shape index (κ2) is 7.04. The van der Waals surface area contributed by atoms with Crippen LogP contribution in [0.5, 0.6) is 0 Å². The van der Waals surface area contributed by atoms with Gasteiger partial charge in [-0.15, -0.1) is 0 Å². The van der Waals surface area contributed by atoms with Gasteiger partial charge in [0, 0.05) is 24.8 Å². The molecule has 0 aromatic heterocycles. The van der Waals surface area contributed by atoms with Crippen molar-refractivity contribution in [3.8, 4) is 0 Å². The first-order valence-corrected chi connectivity index (χ1v) is 5.68. The third-order valence-corrected chi connectivity index (χ3v) is 2.64. The summed E-state index contributed by atoms with van der Waals surface area (Å²) < 4.78 is 5.08. The highest BCUT2D eigenvalue weighted by atomic mass is 16.5. The topological polar surface area (TPSA) is 58.6 Å². The Balaban J connectivity index is 2.50. The van der Waals surface area contributed by atoms with E-state index >= 15 is 0 Å². The van der Waals surface area contributed by atoms with Crippen LogP contribution in [0.25, 0.3) is 0 Å². The fourth-order valence-electron chi connectivity index (χ4n) is 1.45. The molecule has 0 heterocycles. The number of hydrogen-bond donors (Lipinski definition) is 2. The van der Waals surface area contributed by atoms with Gasteiger partial charge < -0.3 is 15.2 Å². The van der Waals surface area contributed by atoms with Crippen molar-refractivity contribution in [3.05, 3.63) is 29.8 Å². The van der Waals surface area contributed by atoms with Gasteiger partial charge in [-0.25, -0.2) is 0 Å². The summed E-state index contributed by atoms with van der Waals surface area (Å²) in [6, 6.07) is 7.22. The van der Waals surface area contributed by atoms with Gasteiger partial charge in [-0.2, -0.15) is 0 Å². The van der Waals surface area contributed by atoms with E-state index in [1.807, 2.05) is 19.1 Å². The van der Waals surface area contributed by atoms with Gasteiger partial charge in [0.2, 0.25) is 5.91 Å². The molecule has 4 heteroatoms. The molecule has 17 heavy (non-hydrogen) atoms. The van der Waals surface area contributed by atoms with Crippen LogP contribution in [0.2, 0.25) is 0 Å². The fraction of sp³-hybridized carbons (Fsp3) is 0.462. The lowest BCUT2D eigenvalue weighted by molar-refractivity contribution is -0.116. The number of rotatable bonds is 6. The van der Waals surface area contributed by atoms with E-state index in [4.69, 9.17) is 9.84 Å². The summed E-state index contributed by atoms with van der Waals surface area (Å²) in [5, 5.41) is 11.9. The van der Waals surface area contributed by atoms with Crippen LogP contribution in [-0.2, 0) is 16.1 Å². The van der Waals surface area contributed by atoms with Gasteiger partial charge in [0.15, 0.2) is 0 Å². The Morgan fingerprint density at radius 3 is 2.82 bits per heavy atom. The second-order valence-electron chi connectivity index (χ2n) is 3.95. The minimum atomic E-state index is -0.0784. The number of nitrogens with one attached hydrogen (secondary N) is 1. The van der Waals surface area contributed by atoms with E-state index < -0.39 is 0 Å². The van der Waals surface area contributed by atoms with Crippen molar-refractivity contribution in [2.75, 3.05) is 12.4 Å². The molecule has 4 nitrogen and oxygen atoms in total. The summed E-state index contributed by atoms with van der Waals surface area (Å²) in [5.41, 5.74) is 1.39. The summed E-state index contributed by atoms with van der Waals surface area (Å²) in [6.07, 6.45) is 1.17. The van der Waals surface area contributed by atoms with E-state index in [1.54, 1.807) is 19.2 Å². The predicted molar refractivity (Wildman–Crippen MR) is 66.7 cm³/mol. The summed E-state index contributed by atoms with van der Waals surface area (Å²) in [4.78, 5) is 11.7. The number of carbonyl (C=O) groups is 1. The zero-order valence-electron chi connectivity index (χ0n) is 10.3. The first kappa shape index (κ1) is 13.7. The summed E-state index contributed by atoms with van der Waals surface area (Å²) in [7, 11) is 1.63. The molecule has 0 aliphatic rings. The number of aliphatic hydroxyl groups excluding tert-OH is 1. The van der Waals surface area contributed by atoms with Crippen LogP contribution in [-0.4, -0.2) is 24.2 Å². The van der Waals surface area contributed by atoms with Crippen LogP contribution in [0.3, 0.4) is 0 Å². The molecule has 0 aliphatic heterocycles. The number of aliphatic hydroxyl groups is 1. The van der Waals surface area contributed by atoms with E-state index in [-0.39, 0.29) is 18.6 Å². The van der Waals surface area contributed by atoms with Gasteiger partial charge >= 0.3 is 0 Å². The lowest BCUT2D eigenvalue weighted by atomic mass is 10.1. The first-order valence-electron chi connectivity index (χ1n) is 5.68. The number of hydrogen-bond acceptors (Lipinski definition) is 3. The van der Waals surface area contributed by atoms with E-state index in [9.17, 15) is 4.79 Å². The Labute approximate surface area is 102 Å². The molecular formula is C13H19NO3. The average Bonchev–Trinajstić information content (AvgIpc) is 2.36. The molecule has 0 fully saturated rings. The predicted octanol–water partition coefficient (Wildman–Crippen LogP) is 1.93. The molecule has 0 bridgehead atoms. The fourth-order valence-corrected chi connectivity index (χ4v) is 1.45. The molecule has 1 unspecified atom stereocenters. The lowest BCUT2D eigenvalue weighted by Crippen LogP contribution is -2.16. The molecule has 0 aliphatic carbocycles. The zero-order chi connectivity index (χ0) is 12.7. The van der Waals surface area contributed by atoms with Crippen molar-refractivity contribution < 1.29 is 14.6 Å². The van der Waals surface area contributed by atoms with E-state index in [1.165, 1.54) is 0 Å². The third-order valence-electron chi connectivity index (χ3n) is 2.64. The molecule has 1 amide bonds. The molecule has 94 valence electrons. The number of ether oxygens (including phenoxy) is 1. The highest BCUT2D eigenvalue weighted by molar-refractivity contribution is 5.91. The van der Waals surface area contributed by atoms with Gasteiger partial charge in [0.05, 0.1) is 12.7 Å². The maximum atomic E-state index is 11.7. The molecule has 0 radical (unpaired) electrons. The van der Waals surface area contributed by atoms with Gasteiger partial charge in [0.25, 0.3) is 0 Å². The molecule has 2 N–H and O–H groups in total. The van der Waals surface area contributed by atoms with Crippen molar-refractivity contribution in [2.45, 2.75) is 32.5 Å². The smallest absolute Gasteiger partial charge is 0.224 e. The largest absolute Gasteiger partial charge is 0.392 e. The van der Waals surface area contributed by atoms with Crippen LogP contribution in [0, 0.1) is 0 Å². The van der Waals surface area contributed by atoms with Crippen molar-refractivity contribution >= 4 is 11.6 Å². The Kier molecular flexibility index (Phi) is 5.66. The number of para-hydroxylation sites is 1. The zero-order valence-corrected chi connectivity index (χ0v) is 10.3. The van der Waals surface area contributed by atoms with Crippen LogP contribution < -0.4 is 5.32 Å². The maximum absolute atomic E-state index is 11.7. The van der Waals surface area contributed by atoms with Gasteiger partial charge in [-0.3, -0.25) is 4.79 Å². The normalized spacial score (nSPS) is 12.2. The summed E-state index contributed by atoms with van der Waals surface area (Å²) >= 11 is 0. The Hall–Kier alpha value is -1.39. The number of anilines is 1. The maximum Gasteiger partial charge on any atom is 0.224 e. The number of benzene rings is 1. The van der Waals surface area contributed by atoms with Crippen molar-refractivity contribution in [1.82, 2.24) is 0 Å². The standard InChI is InChI=1S/C13H19NO3/c1-10(17-2)7-8-13(16)14-12-6-4-3-5-11(12)9-15/h3-6,10,15H,7-9H2,1-2H3,(H,14,16). The van der Waals surface area contributed by atoms with Crippen LogP contribution >= 0.6 is 0 Å². The minimum Gasteiger partial charge on any atom is -0.392 e. The van der Waals surface area contributed by atoms with Gasteiger partial charge in [-0.05, 0) is 19.4 Å². The van der Waals surface area contributed by atoms with Crippen molar-refractivity contribution in [1.29, 1.82) is 0 Å². The van der Waals surface area contributed by atoms with Crippen LogP contribution in [0.1, 0.15) is 25.3 Å². The number of carbonyl (C=O) groups excluding carboxylic acids is 1. The SMILES string of the molecule is COC(C)CCC(=O)Nc1ccccc1CO.